The number of nitrogens with one attached hydrogen (secondary N) is 1. The molecule has 1 amide bonds. The number of halogens is 2. The van der Waals surface area contributed by atoms with Crippen molar-refractivity contribution in [3.63, 3.8) is 0 Å². The van der Waals surface area contributed by atoms with E-state index in [1.165, 1.54) is 23.5 Å². The van der Waals surface area contributed by atoms with Gasteiger partial charge in [0.2, 0.25) is 5.91 Å². The third-order valence-corrected chi connectivity index (χ3v) is 3.76. The summed E-state index contributed by atoms with van der Waals surface area (Å²) in [5.41, 5.74) is 1.12. The molecule has 112 valence electrons. The predicted octanol–water partition coefficient (Wildman–Crippen LogP) is 2.80. The summed E-state index contributed by atoms with van der Waals surface area (Å²) in [6.45, 7) is 3.40. The molecule has 0 aliphatic carbocycles. The number of rotatable bonds is 5. The van der Waals surface area contributed by atoms with Gasteiger partial charge in [0, 0.05) is 18.9 Å². The van der Waals surface area contributed by atoms with E-state index in [1.807, 2.05) is 0 Å². The van der Waals surface area contributed by atoms with Gasteiger partial charge in [0.15, 0.2) is 0 Å². The highest BCUT2D eigenvalue weighted by atomic mass is 32.1. The first-order valence-corrected chi connectivity index (χ1v) is 7.27. The molecule has 21 heavy (non-hydrogen) atoms. The molecule has 0 fully saturated rings. The number of aromatic nitrogens is 2. The minimum Gasteiger partial charge on any atom is -0.347 e. The van der Waals surface area contributed by atoms with Crippen molar-refractivity contribution in [1.29, 1.82) is 0 Å². The summed E-state index contributed by atoms with van der Waals surface area (Å²) >= 11 is 1.38. The summed E-state index contributed by atoms with van der Waals surface area (Å²) in [6, 6.07) is 3.24. The van der Waals surface area contributed by atoms with Crippen LogP contribution in [0.4, 0.5) is 8.78 Å². The first kappa shape index (κ1) is 15.5. The maximum absolute atomic E-state index is 13.3. The van der Waals surface area contributed by atoms with E-state index in [4.69, 9.17) is 0 Å². The third-order valence-electron chi connectivity index (χ3n) is 3.01. The monoisotopic (exact) mass is 311 g/mol. The fourth-order valence-corrected chi connectivity index (χ4v) is 2.45. The van der Waals surface area contributed by atoms with E-state index in [2.05, 4.69) is 15.5 Å². The molecule has 4 nitrogen and oxygen atoms in total. The van der Waals surface area contributed by atoms with Crippen LogP contribution in [0.3, 0.4) is 0 Å². The Hall–Kier alpha value is -1.89. The minimum atomic E-state index is -0.860. The SMILES string of the molecule is CC(C)(NC(=O)CCc1nncs1)c1cc(F)cc(F)c1. The number of amides is 1. The molecule has 1 heterocycles. The summed E-state index contributed by atoms with van der Waals surface area (Å²) < 4.78 is 26.5. The van der Waals surface area contributed by atoms with Crippen LogP contribution in [0.2, 0.25) is 0 Å². The smallest absolute Gasteiger partial charge is 0.221 e. The molecule has 0 unspecified atom stereocenters. The highest BCUT2D eigenvalue weighted by molar-refractivity contribution is 7.09. The normalized spacial score (nSPS) is 11.4. The summed E-state index contributed by atoms with van der Waals surface area (Å²) in [5, 5.41) is 11.1. The summed E-state index contributed by atoms with van der Waals surface area (Å²) in [6.07, 6.45) is 0.737. The van der Waals surface area contributed by atoms with Crippen LogP contribution in [0.1, 0.15) is 30.8 Å². The Morgan fingerprint density at radius 1 is 1.29 bits per heavy atom. The Morgan fingerprint density at radius 2 is 1.95 bits per heavy atom. The van der Waals surface area contributed by atoms with Gasteiger partial charge in [0.25, 0.3) is 0 Å². The van der Waals surface area contributed by atoms with Gasteiger partial charge in [-0.1, -0.05) is 0 Å². The second-order valence-corrected chi connectivity index (χ2v) is 6.08. The molecule has 2 rings (SSSR count). The van der Waals surface area contributed by atoms with Gasteiger partial charge in [0.05, 0.1) is 5.54 Å². The molecule has 0 atom stereocenters. The van der Waals surface area contributed by atoms with Gasteiger partial charge in [-0.2, -0.15) is 0 Å². The molecule has 0 saturated heterocycles. The van der Waals surface area contributed by atoms with Crippen molar-refractivity contribution in [3.05, 3.63) is 45.9 Å². The van der Waals surface area contributed by atoms with Crippen LogP contribution >= 0.6 is 11.3 Å². The Balaban J connectivity index is 2.00. The van der Waals surface area contributed by atoms with Crippen LogP contribution in [0.15, 0.2) is 23.7 Å². The third kappa shape index (κ3) is 4.29. The first-order valence-electron chi connectivity index (χ1n) is 6.39. The van der Waals surface area contributed by atoms with Crippen LogP contribution in [-0.2, 0) is 16.8 Å². The van der Waals surface area contributed by atoms with Gasteiger partial charge in [-0.25, -0.2) is 8.78 Å². The quantitative estimate of drug-likeness (QED) is 0.924. The topological polar surface area (TPSA) is 54.9 Å². The Labute approximate surface area is 125 Å². The van der Waals surface area contributed by atoms with E-state index in [-0.39, 0.29) is 12.3 Å². The van der Waals surface area contributed by atoms with Crippen molar-refractivity contribution in [1.82, 2.24) is 15.5 Å². The lowest BCUT2D eigenvalue weighted by Crippen LogP contribution is -2.41. The fourth-order valence-electron chi connectivity index (χ4n) is 1.92. The standard InChI is InChI=1S/C14H15F2N3OS/c1-14(2,9-5-10(15)7-11(16)6-9)18-12(20)3-4-13-19-17-8-21-13/h5-8H,3-4H2,1-2H3,(H,18,20). The lowest BCUT2D eigenvalue weighted by atomic mass is 9.93. The molecule has 0 aliphatic rings. The largest absolute Gasteiger partial charge is 0.347 e. The molecule has 1 aromatic heterocycles. The van der Waals surface area contributed by atoms with E-state index in [9.17, 15) is 13.6 Å². The van der Waals surface area contributed by atoms with Crippen LogP contribution in [0, 0.1) is 11.6 Å². The number of hydrogen-bond acceptors (Lipinski definition) is 4. The van der Waals surface area contributed by atoms with E-state index in [0.29, 0.717) is 12.0 Å². The molecule has 7 heteroatoms. The first-order chi connectivity index (χ1) is 9.87. The Morgan fingerprint density at radius 3 is 2.52 bits per heavy atom. The molecule has 0 aliphatic heterocycles. The highest BCUT2D eigenvalue weighted by Gasteiger charge is 2.24. The number of carbonyl (C=O) groups excluding carboxylic acids is 1. The Kier molecular flexibility index (Phi) is 4.62. The molecule has 1 N–H and O–H groups in total. The summed E-state index contributed by atoms with van der Waals surface area (Å²) in [7, 11) is 0. The maximum atomic E-state index is 13.3. The maximum Gasteiger partial charge on any atom is 0.221 e. The lowest BCUT2D eigenvalue weighted by Gasteiger charge is -2.27. The Bertz CT molecular complexity index is 609. The van der Waals surface area contributed by atoms with Crippen molar-refractivity contribution in [2.24, 2.45) is 0 Å². The van der Waals surface area contributed by atoms with E-state index >= 15 is 0 Å². The van der Waals surface area contributed by atoms with Gasteiger partial charge >= 0.3 is 0 Å². The zero-order valence-electron chi connectivity index (χ0n) is 11.7. The molecule has 2 aromatic rings. The number of carbonyl (C=O) groups is 1. The van der Waals surface area contributed by atoms with Crippen molar-refractivity contribution in [2.45, 2.75) is 32.2 Å². The number of nitrogens with zero attached hydrogens (tertiary/aromatic N) is 2. The second-order valence-electron chi connectivity index (χ2n) is 5.16. The van der Waals surface area contributed by atoms with Gasteiger partial charge in [0.1, 0.15) is 22.2 Å². The van der Waals surface area contributed by atoms with Crippen molar-refractivity contribution < 1.29 is 13.6 Å². The van der Waals surface area contributed by atoms with Gasteiger partial charge in [-0.05, 0) is 31.5 Å². The molecular formula is C14H15F2N3OS. The lowest BCUT2D eigenvalue weighted by molar-refractivity contribution is -0.122. The number of hydrogen-bond donors (Lipinski definition) is 1. The zero-order chi connectivity index (χ0) is 15.5. The average molecular weight is 311 g/mol. The van der Waals surface area contributed by atoms with Crippen molar-refractivity contribution >= 4 is 17.2 Å². The number of benzene rings is 1. The molecule has 0 radical (unpaired) electrons. The number of aryl methyl sites for hydroxylation is 1. The molecular weight excluding hydrogens is 296 g/mol. The summed E-state index contributed by atoms with van der Waals surface area (Å²) in [4.78, 5) is 12.0. The summed E-state index contributed by atoms with van der Waals surface area (Å²) in [5.74, 6) is -1.54. The predicted molar refractivity (Wildman–Crippen MR) is 75.8 cm³/mol. The average Bonchev–Trinajstić information content (AvgIpc) is 2.87. The zero-order valence-corrected chi connectivity index (χ0v) is 12.5. The minimum absolute atomic E-state index is 0.208. The van der Waals surface area contributed by atoms with E-state index < -0.39 is 17.2 Å². The fraction of sp³-hybridized carbons (Fsp3) is 0.357. The second kappa shape index (κ2) is 6.26. The van der Waals surface area contributed by atoms with Crippen molar-refractivity contribution in [3.8, 4) is 0 Å². The molecule has 0 bridgehead atoms. The van der Waals surface area contributed by atoms with Crippen LogP contribution in [0.25, 0.3) is 0 Å². The molecule has 0 saturated carbocycles. The van der Waals surface area contributed by atoms with E-state index in [0.717, 1.165) is 11.1 Å². The van der Waals surface area contributed by atoms with E-state index in [1.54, 1.807) is 19.4 Å². The van der Waals surface area contributed by atoms with Gasteiger partial charge in [-0.15, -0.1) is 21.5 Å². The van der Waals surface area contributed by atoms with Crippen LogP contribution in [0.5, 0.6) is 0 Å². The van der Waals surface area contributed by atoms with Crippen molar-refractivity contribution in [2.75, 3.05) is 0 Å². The van der Waals surface area contributed by atoms with Gasteiger partial charge < -0.3 is 5.32 Å². The highest BCUT2D eigenvalue weighted by Crippen LogP contribution is 2.22. The van der Waals surface area contributed by atoms with Crippen LogP contribution in [-0.4, -0.2) is 16.1 Å². The van der Waals surface area contributed by atoms with Gasteiger partial charge in [-0.3, -0.25) is 4.79 Å². The molecule has 1 aromatic carbocycles. The van der Waals surface area contributed by atoms with Crippen LogP contribution < -0.4 is 5.32 Å². The molecule has 0 spiro atoms.